The number of aromatic nitrogens is 1. The van der Waals surface area contributed by atoms with Crippen molar-refractivity contribution in [3.8, 4) is 0 Å². The average Bonchev–Trinajstić information content (AvgIpc) is 2.97. The van der Waals surface area contributed by atoms with Gasteiger partial charge < -0.3 is 14.8 Å². The zero-order valence-electron chi connectivity index (χ0n) is 10.8. The van der Waals surface area contributed by atoms with E-state index < -0.39 is 0 Å². The van der Waals surface area contributed by atoms with Gasteiger partial charge in [0.15, 0.2) is 0 Å². The van der Waals surface area contributed by atoms with E-state index in [9.17, 15) is 4.79 Å². The molecule has 0 aliphatic carbocycles. The zero-order valence-corrected chi connectivity index (χ0v) is 10.8. The quantitative estimate of drug-likeness (QED) is 0.862. The predicted octanol–water partition coefficient (Wildman–Crippen LogP) is 1.50. The molecule has 1 aliphatic rings. The Morgan fingerprint density at radius 2 is 2.35 bits per heavy atom. The van der Waals surface area contributed by atoms with E-state index in [0.29, 0.717) is 12.1 Å². The first-order chi connectivity index (χ1) is 8.11. The van der Waals surface area contributed by atoms with Crippen molar-refractivity contribution in [3.63, 3.8) is 0 Å². The number of likely N-dealkylation sites (N-methyl/N-ethyl adjacent to an activating group) is 1. The van der Waals surface area contributed by atoms with Gasteiger partial charge in [-0.15, -0.1) is 0 Å². The van der Waals surface area contributed by atoms with E-state index in [4.69, 9.17) is 0 Å². The first kappa shape index (κ1) is 12.2. The summed E-state index contributed by atoms with van der Waals surface area (Å²) in [6.07, 6.45) is 3.02. The SMILES string of the molecule is CC(C)n1cccc1C(=O)N(C)C1CCNC1. The Balaban J connectivity index is 2.15. The summed E-state index contributed by atoms with van der Waals surface area (Å²) in [5.74, 6) is 0.123. The molecule has 1 N–H and O–H groups in total. The van der Waals surface area contributed by atoms with Crippen molar-refractivity contribution < 1.29 is 4.79 Å². The van der Waals surface area contributed by atoms with Crippen LogP contribution in [0, 0.1) is 0 Å². The number of hydrogen-bond acceptors (Lipinski definition) is 2. The molecule has 17 heavy (non-hydrogen) atoms. The van der Waals surface area contributed by atoms with Crippen molar-refractivity contribution in [2.24, 2.45) is 0 Å². The maximum atomic E-state index is 12.4. The molecule has 1 aliphatic heterocycles. The van der Waals surface area contributed by atoms with Crippen LogP contribution in [0.2, 0.25) is 0 Å². The van der Waals surface area contributed by atoms with Crippen molar-refractivity contribution in [2.45, 2.75) is 32.4 Å². The fourth-order valence-corrected chi connectivity index (χ4v) is 2.34. The van der Waals surface area contributed by atoms with Crippen LogP contribution in [0.15, 0.2) is 18.3 Å². The van der Waals surface area contributed by atoms with Gasteiger partial charge in [-0.25, -0.2) is 0 Å². The summed E-state index contributed by atoms with van der Waals surface area (Å²) in [4.78, 5) is 14.3. The van der Waals surface area contributed by atoms with Gasteiger partial charge in [-0.2, -0.15) is 0 Å². The van der Waals surface area contributed by atoms with E-state index in [1.54, 1.807) is 0 Å². The third kappa shape index (κ3) is 2.36. The lowest BCUT2D eigenvalue weighted by Crippen LogP contribution is -2.39. The fourth-order valence-electron chi connectivity index (χ4n) is 2.34. The molecular formula is C13H21N3O. The van der Waals surface area contributed by atoms with Crippen molar-refractivity contribution in [1.82, 2.24) is 14.8 Å². The molecule has 0 saturated carbocycles. The Hall–Kier alpha value is -1.29. The summed E-state index contributed by atoms with van der Waals surface area (Å²) in [6, 6.07) is 4.49. The van der Waals surface area contributed by atoms with Crippen LogP contribution in [0.25, 0.3) is 0 Å². The second kappa shape index (κ2) is 4.92. The molecule has 1 saturated heterocycles. The lowest BCUT2D eigenvalue weighted by molar-refractivity contribution is 0.0731. The highest BCUT2D eigenvalue weighted by atomic mass is 16.2. The van der Waals surface area contributed by atoms with Crippen molar-refractivity contribution in [1.29, 1.82) is 0 Å². The molecule has 4 heteroatoms. The monoisotopic (exact) mass is 235 g/mol. The average molecular weight is 235 g/mol. The number of hydrogen-bond donors (Lipinski definition) is 1. The summed E-state index contributed by atoms with van der Waals surface area (Å²) in [6.45, 7) is 6.10. The van der Waals surface area contributed by atoms with Crippen LogP contribution in [-0.4, -0.2) is 41.6 Å². The lowest BCUT2D eigenvalue weighted by atomic mass is 10.2. The van der Waals surface area contributed by atoms with Gasteiger partial charge in [0.2, 0.25) is 0 Å². The molecule has 2 heterocycles. The van der Waals surface area contributed by atoms with Gasteiger partial charge in [0.25, 0.3) is 5.91 Å². The van der Waals surface area contributed by atoms with E-state index in [-0.39, 0.29) is 5.91 Å². The molecule has 0 aromatic carbocycles. The molecule has 0 radical (unpaired) electrons. The molecule has 1 atom stereocenters. The van der Waals surface area contributed by atoms with Crippen LogP contribution in [0.3, 0.4) is 0 Å². The van der Waals surface area contributed by atoms with Crippen molar-refractivity contribution in [2.75, 3.05) is 20.1 Å². The van der Waals surface area contributed by atoms with Gasteiger partial charge in [0.1, 0.15) is 5.69 Å². The molecule has 1 fully saturated rings. The molecule has 0 spiro atoms. The lowest BCUT2D eigenvalue weighted by Gasteiger charge is -2.25. The maximum absolute atomic E-state index is 12.4. The molecule has 0 bridgehead atoms. The van der Waals surface area contributed by atoms with Gasteiger partial charge in [0, 0.05) is 31.9 Å². The Bertz CT molecular complexity index is 391. The molecule has 1 aromatic rings. The second-order valence-corrected chi connectivity index (χ2v) is 4.96. The summed E-state index contributed by atoms with van der Waals surface area (Å²) in [7, 11) is 1.90. The third-order valence-corrected chi connectivity index (χ3v) is 3.46. The molecule has 2 rings (SSSR count). The Labute approximate surface area is 103 Å². The van der Waals surface area contributed by atoms with Crippen LogP contribution >= 0.6 is 0 Å². The molecule has 1 amide bonds. The fraction of sp³-hybridized carbons (Fsp3) is 0.615. The minimum atomic E-state index is 0.123. The second-order valence-electron chi connectivity index (χ2n) is 4.96. The molecular weight excluding hydrogens is 214 g/mol. The summed E-state index contributed by atoms with van der Waals surface area (Å²) in [5.41, 5.74) is 0.786. The normalized spacial score (nSPS) is 19.9. The standard InChI is InChI=1S/C13H21N3O/c1-10(2)16-8-4-5-12(16)13(17)15(3)11-6-7-14-9-11/h4-5,8,10-11,14H,6-7,9H2,1-3H3. The van der Waals surface area contributed by atoms with Crippen molar-refractivity contribution in [3.05, 3.63) is 24.0 Å². The number of carbonyl (C=O) groups excluding carboxylic acids is 1. The van der Waals surface area contributed by atoms with Crippen LogP contribution < -0.4 is 5.32 Å². The van der Waals surface area contributed by atoms with Gasteiger partial charge in [-0.3, -0.25) is 4.79 Å². The summed E-state index contributed by atoms with van der Waals surface area (Å²) in [5, 5.41) is 3.29. The van der Waals surface area contributed by atoms with Crippen LogP contribution in [0.1, 0.15) is 36.8 Å². The maximum Gasteiger partial charge on any atom is 0.270 e. The zero-order chi connectivity index (χ0) is 12.4. The number of carbonyl (C=O) groups is 1. The van der Waals surface area contributed by atoms with E-state index in [1.807, 2.05) is 34.8 Å². The topological polar surface area (TPSA) is 37.3 Å². The predicted molar refractivity (Wildman–Crippen MR) is 68.2 cm³/mol. The number of rotatable bonds is 3. The largest absolute Gasteiger partial charge is 0.341 e. The smallest absolute Gasteiger partial charge is 0.270 e. The van der Waals surface area contributed by atoms with Gasteiger partial charge in [-0.1, -0.05) is 0 Å². The Morgan fingerprint density at radius 1 is 1.59 bits per heavy atom. The molecule has 1 aromatic heterocycles. The molecule has 1 unspecified atom stereocenters. The molecule has 4 nitrogen and oxygen atoms in total. The van der Waals surface area contributed by atoms with E-state index >= 15 is 0 Å². The highest BCUT2D eigenvalue weighted by molar-refractivity contribution is 5.92. The number of nitrogens with zero attached hydrogens (tertiary/aromatic N) is 2. The van der Waals surface area contributed by atoms with E-state index in [1.165, 1.54) is 0 Å². The van der Waals surface area contributed by atoms with Crippen LogP contribution in [0.5, 0.6) is 0 Å². The van der Waals surface area contributed by atoms with Gasteiger partial charge in [-0.05, 0) is 38.9 Å². The summed E-state index contributed by atoms with van der Waals surface area (Å²) < 4.78 is 2.03. The minimum Gasteiger partial charge on any atom is -0.341 e. The van der Waals surface area contributed by atoms with Crippen LogP contribution in [0.4, 0.5) is 0 Å². The van der Waals surface area contributed by atoms with E-state index in [2.05, 4.69) is 19.2 Å². The van der Waals surface area contributed by atoms with Gasteiger partial charge >= 0.3 is 0 Å². The Kier molecular flexibility index (Phi) is 3.52. The van der Waals surface area contributed by atoms with Crippen molar-refractivity contribution >= 4 is 5.91 Å². The summed E-state index contributed by atoms with van der Waals surface area (Å²) >= 11 is 0. The van der Waals surface area contributed by atoms with Gasteiger partial charge in [0.05, 0.1) is 0 Å². The highest BCUT2D eigenvalue weighted by Gasteiger charge is 2.25. The minimum absolute atomic E-state index is 0.123. The molecule has 94 valence electrons. The highest BCUT2D eigenvalue weighted by Crippen LogP contribution is 2.15. The third-order valence-electron chi connectivity index (χ3n) is 3.46. The number of amides is 1. The van der Waals surface area contributed by atoms with Crippen LogP contribution in [-0.2, 0) is 0 Å². The van der Waals surface area contributed by atoms with E-state index in [0.717, 1.165) is 25.2 Å². The first-order valence-electron chi connectivity index (χ1n) is 6.26. The first-order valence-corrected chi connectivity index (χ1v) is 6.26. The Morgan fingerprint density at radius 3 is 2.94 bits per heavy atom. The number of nitrogens with one attached hydrogen (secondary N) is 1.